The molecule has 3 aromatic carbocycles. The van der Waals surface area contributed by atoms with Gasteiger partial charge in [0.2, 0.25) is 0 Å². The van der Waals surface area contributed by atoms with Crippen LogP contribution in [0.3, 0.4) is 0 Å². The number of hydrogen-bond donors (Lipinski definition) is 1. The number of ether oxygens (including phenoxy) is 2. The van der Waals surface area contributed by atoms with Crippen LogP contribution in [0.4, 0.5) is 11.4 Å². The van der Waals surface area contributed by atoms with Gasteiger partial charge in [-0.1, -0.05) is 25.5 Å². The van der Waals surface area contributed by atoms with E-state index in [1.807, 2.05) is 13.0 Å². The second kappa shape index (κ2) is 10.2. The van der Waals surface area contributed by atoms with Crippen LogP contribution in [0.25, 0.3) is 0 Å². The molecule has 0 saturated heterocycles. The maximum absolute atomic E-state index is 13.3. The third kappa shape index (κ3) is 5.17. The lowest BCUT2D eigenvalue weighted by Crippen LogP contribution is -2.42. The molecule has 1 amide bonds. The Hall–Kier alpha value is -3.52. The van der Waals surface area contributed by atoms with Crippen LogP contribution in [0, 0.1) is 0 Å². The van der Waals surface area contributed by atoms with Crippen molar-refractivity contribution in [3.05, 3.63) is 78.4 Å². The molecule has 3 aromatic rings. The van der Waals surface area contributed by atoms with E-state index in [1.54, 1.807) is 54.6 Å². The highest BCUT2D eigenvalue weighted by atomic mass is 32.2. The smallest absolute Gasteiger partial charge is 0.264 e. The summed E-state index contributed by atoms with van der Waals surface area (Å²) in [6.45, 7) is 4.80. The Kier molecular flexibility index (Phi) is 7.07. The van der Waals surface area contributed by atoms with Gasteiger partial charge in [-0.25, -0.2) is 8.42 Å². The number of nitrogens with one attached hydrogen (secondary N) is 1. The molecule has 0 fully saturated rings. The molecule has 4 rings (SSSR count). The number of para-hydroxylation sites is 2. The van der Waals surface area contributed by atoms with Crippen molar-refractivity contribution in [1.29, 1.82) is 0 Å². The fourth-order valence-electron chi connectivity index (χ4n) is 3.65. The van der Waals surface area contributed by atoms with Crippen molar-refractivity contribution in [3.8, 4) is 11.5 Å². The molecule has 34 heavy (non-hydrogen) atoms. The Labute approximate surface area is 200 Å². The fraction of sp³-hybridized carbons (Fsp3) is 0.269. The van der Waals surface area contributed by atoms with Gasteiger partial charge in [0.25, 0.3) is 15.9 Å². The van der Waals surface area contributed by atoms with Gasteiger partial charge in [0.05, 0.1) is 23.7 Å². The van der Waals surface area contributed by atoms with Gasteiger partial charge in [-0.3, -0.25) is 9.10 Å². The number of sulfonamides is 1. The van der Waals surface area contributed by atoms with Crippen molar-refractivity contribution < 1.29 is 22.7 Å². The van der Waals surface area contributed by atoms with E-state index in [9.17, 15) is 13.2 Å². The minimum atomic E-state index is -3.79. The van der Waals surface area contributed by atoms with E-state index in [2.05, 4.69) is 12.2 Å². The minimum Gasteiger partial charge on any atom is -0.494 e. The number of benzene rings is 3. The number of carbonyl (C=O) groups is 1. The molecule has 7 nitrogen and oxygen atoms in total. The van der Waals surface area contributed by atoms with Crippen LogP contribution in [0.5, 0.6) is 11.5 Å². The molecule has 8 heteroatoms. The number of rotatable bonds is 8. The first-order valence-corrected chi connectivity index (χ1v) is 12.7. The Balaban J connectivity index is 1.45. The van der Waals surface area contributed by atoms with Gasteiger partial charge < -0.3 is 14.8 Å². The van der Waals surface area contributed by atoms with E-state index in [-0.39, 0.29) is 23.5 Å². The molecule has 1 unspecified atom stereocenters. The van der Waals surface area contributed by atoms with E-state index in [1.165, 1.54) is 16.4 Å². The van der Waals surface area contributed by atoms with E-state index in [0.717, 1.165) is 18.6 Å². The summed E-state index contributed by atoms with van der Waals surface area (Å²) in [6, 6.07) is 20.2. The first kappa shape index (κ1) is 23.6. The van der Waals surface area contributed by atoms with E-state index >= 15 is 0 Å². The molecule has 1 aliphatic rings. The lowest BCUT2D eigenvalue weighted by atomic mass is 10.2. The van der Waals surface area contributed by atoms with Crippen molar-refractivity contribution in [1.82, 2.24) is 0 Å². The average Bonchev–Trinajstić information content (AvgIpc) is 2.84. The summed E-state index contributed by atoms with van der Waals surface area (Å²) in [6.07, 6.45) is 1.76. The third-order valence-electron chi connectivity index (χ3n) is 5.47. The summed E-state index contributed by atoms with van der Waals surface area (Å²) < 4.78 is 39.5. The van der Waals surface area contributed by atoms with Gasteiger partial charge in [-0.2, -0.15) is 0 Å². The van der Waals surface area contributed by atoms with Crippen LogP contribution in [-0.2, 0) is 10.0 Å². The number of unbranched alkanes of at least 4 members (excludes halogenated alkanes) is 1. The summed E-state index contributed by atoms with van der Waals surface area (Å²) in [5.74, 6) is 0.973. The predicted octanol–water partition coefficient (Wildman–Crippen LogP) is 5.09. The van der Waals surface area contributed by atoms with Crippen molar-refractivity contribution in [3.63, 3.8) is 0 Å². The normalized spacial score (nSPS) is 15.2. The minimum absolute atomic E-state index is 0.142. The number of amides is 1. The zero-order chi connectivity index (χ0) is 24.1. The summed E-state index contributed by atoms with van der Waals surface area (Å²) in [5.41, 5.74) is 1.50. The van der Waals surface area contributed by atoms with Gasteiger partial charge in [0.1, 0.15) is 17.6 Å². The Morgan fingerprint density at radius 1 is 1.06 bits per heavy atom. The Morgan fingerprint density at radius 2 is 1.76 bits per heavy atom. The number of anilines is 2. The zero-order valence-corrected chi connectivity index (χ0v) is 20.0. The standard InChI is InChI=1S/C26H28N2O5S/c1-3-4-17-32-22-13-9-20(10-14-22)26(29)27-21-11-15-23(16-12-21)34(30,31)28-18-19(2)33-25-8-6-5-7-24(25)28/h5-16,19H,3-4,17-18H2,1-2H3,(H,27,29). The van der Waals surface area contributed by atoms with Gasteiger partial charge in [0.15, 0.2) is 0 Å². The van der Waals surface area contributed by atoms with Crippen molar-refractivity contribution >= 4 is 27.3 Å². The van der Waals surface area contributed by atoms with E-state index in [0.29, 0.717) is 29.3 Å². The predicted molar refractivity (Wildman–Crippen MR) is 132 cm³/mol. The summed E-state index contributed by atoms with van der Waals surface area (Å²) in [5, 5.41) is 2.80. The number of fused-ring (bicyclic) bond motifs is 1. The Morgan fingerprint density at radius 3 is 2.47 bits per heavy atom. The zero-order valence-electron chi connectivity index (χ0n) is 19.2. The maximum Gasteiger partial charge on any atom is 0.264 e. The molecule has 0 aromatic heterocycles. The van der Waals surface area contributed by atoms with Gasteiger partial charge >= 0.3 is 0 Å². The van der Waals surface area contributed by atoms with E-state index < -0.39 is 10.0 Å². The lowest BCUT2D eigenvalue weighted by Gasteiger charge is -2.34. The van der Waals surface area contributed by atoms with Crippen molar-refractivity contribution in [2.45, 2.75) is 37.7 Å². The largest absolute Gasteiger partial charge is 0.494 e. The first-order chi connectivity index (χ1) is 16.4. The average molecular weight is 481 g/mol. The summed E-state index contributed by atoms with van der Waals surface area (Å²) >= 11 is 0. The molecular weight excluding hydrogens is 452 g/mol. The Bertz CT molecular complexity index is 1240. The van der Waals surface area contributed by atoms with E-state index in [4.69, 9.17) is 9.47 Å². The molecule has 0 spiro atoms. The highest BCUT2D eigenvalue weighted by Crippen LogP contribution is 2.36. The highest BCUT2D eigenvalue weighted by molar-refractivity contribution is 7.92. The molecule has 178 valence electrons. The van der Waals surface area contributed by atoms with Crippen LogP contribution in [0.1, 0.15) is 37.0 Å². The monoisotopic (exact) mass is 480 g/mol. The highest BCUT2D eigenvalue weighted by Gasteiger charge is 2.32. The molecule has 0 radical (unpaired) electrons. The van der Waals surface area contributed by atoms with Crippen molar-refractivity contribution in [2.24, 2.45) is 0 Å². The molecule has 1 heterocycles. The van der Waals surface area contributed by atoms with Gasteiger partial charge in [0, 0.05) is 11.3 Å². The second-order valence-corrected chi connectivity index (χ2v) is 10.00. The maximum atomic E-state index is 13.3. The van der Waals surface area contributed by atoms with Crippen LogP contribution in [0.2, 0.25) is 0 Å². The lowest BCUT2D eigenvalue weighted by molar-refractivity contribution is 0.102. The van der Waals surface area contributed by atoms with Crippen LogP contribution >= 0.6 is 0 Å². The second-order valence-electron chi connectivity index (χ2n) is 8.14. The quantitative estimate of drug-likeness (QED) is 0.454. The molecule has 0 aliphatic carbocycles. The van der Waals surface area contributed by atoms with Crippen LogP contribution in [-0.4, -0.2) is 33.6 Å². The summed E-state index contributed by atoms with van der Waals surface area (Å²) in [7, 11) is -3.79. The topological polar surface area (TPSA) is 84.9 Å². The van der Waals surface area contributed by atoms with Crippen molar-refractivity contribution in [2.75, 3.05) is 22.8 Å². The molecule has 1 aliphatic heterocycles. The number of hydrogen-bond acceptors (Lipinski definition) is 5. The SMILES string of the molecule is CCCCOc1ccc(C(=O)Nc2ccc(S(=O)(=O)N3CC(C)Oc4ccccc43)cc2)cc1. The van der Waals surface area contributed by atoms with Crippen LogP contribution < -0.4 is 19.1 Å². The van der Waals surface area contributed by atoms with Gasteiger partial charge in [-0.05, 0) is 74.0 Å². The molecule has 1 N–H and O–H groups in total. The molecular formula is C26H28N2O5S. The molecule has 0 bridgehead atoms. The van der Waals surface area contributed by atoms with Crippen LogP contribution in [0.15, 0.2) is 77.7 Å². The number of carbonyl (C=O) groups excluding carboxylic acids is 1. The van der Waals surface area contributed by atoms with Gasteiger partial charge in [-0.15, -0.1) is 0 Å². The number of nitrogens with zero attached hydrogens (tertiary/aromatic N) is 1. The molecule has 0 saturated carbocycles. The third-order valence-corrected chi connectivity index (χ3v) is 7.26. The first-order valence-electron chi connectivity index (χ1n) is 11.3. The fourth-order valence-corrected chi connectivity index (χ4v) is 5.20. The summed E-state index contributed by atoms with van der Waals surface area (Å²) in [4.78, 5) is 12.7. The molecule has 1 atom stereocenters.